The smallest absolute Gasteiger partial charge is 0.162 e. The number of nitriles is 1. The molecule has 0 spiro atoms. The Morgan fingerprint density at radius 3 is 2.58 bits per heavy atom. The van der Waals surface area contributed by atoms with Crippen LogP contribution in [0.5, 0.6) is 0 Å². The number of ketones is 1. The average Bonchev–Trinajstić information content (AvgIpc) is 3.02. The molecule has 5 heteroatoms. The van der Waals surface area contributed by atoms with Crippen LogP contribution in [0.4, 0.5) is 5.69 Å². The third kappa shape index (κ3) is 3.58. The summed E-state index contributed by atoms with van der Waals surface area (Å²) in [4.78, 5) is 15.3. The molecule has 1 heterocycles. The van der Waals surface area contributed by atoms with Crippen molar-refractivity contribution in [1.82, 2.24) is 5.32 Å². The third-order valence-corrected chi connectivity index (χ3v) is 4.88. The van der Waals surface area contributed by atoms with Crippen molar-refractivity contribution in [3.63, 3.8) is 0 Å². The Labute approximate surface area is 149 Å². The Balaban J connectivity index is 2.52. The van der Waals surface area contributed by atoms with Crippen molar-refractivity contribution in [2.45, 2.75) is 39.7 Å². The molecule has 0 unspecified atom stereocenters. The monoisotopic (exact) mass is 347 g/mol. The van der Waals surface area contributed by atoms with Crippen molar-refractivity contribution in [2.75, 3.05) is 24.5 Å². The molecule has 0 aliphatic carbocycles. The van der Waals surface area contributed by atoms with Gasteiger partial charge in [-0.05, 0) is 37.1 Å². The van der Waals surface area contributed by atoms with Gasteiger partial charge in [0.1, 0.15) is 11.6 Å². The van der Waals surface area contributed by atoms with Crippen LogP contribution in [0.15, 0.2) is 18.2 Å². The highest BCUT2D eigenvalue weighted by atomic mass is 35.5. The number of hydrogen-bond donors (Lipinski definition) is 1. The summed E-state index contributed by atoms with van der Waals surface area (Å²) in [6, 6.07) is 7.55. The molecule has 0 aromatic heterocycles. The minimum Gasteiger partial charge on any atom is -0.357 e. The standard InChI is InChI=1S/C19H26ClN3O/c1-13(2)11-23(16-6-5-15(10-21)17(20)9-16)19(7-8-22-12-19)18(24)14(3)4/h5-6,9,13-14,22H,7-8,11-12H2,1-4H3/t19-/m0/s1. The highest BCUT2D eigenvalue weighted by Gasteiger charge is 2.47. The molecule has 4 nitrogen and oxygen atoms in total. The van der Waals surface area contributed by atoms with E-state index in [0.29, 0.717) is 23.0 Å². The maximum atomic E-state index is 13.1. The van der Waals surface area contributed by atoms with E-state index in [1.807, 2.05) is 26.0 Å². The number of Topliss-reactive ketones (excluding diaryl/α,β-unsaturated/α-hetero) is 1. The molecule has 0 radical (unpaired) electrons. The van der Waals surface area contributed by atoms with Crippen molar-refractivity contribution in [2.24, 2.45) is 11.8 Å². The van der Waals surface area contributed by atoms with Gasteiger partial charge in [0.05, 0.1) is 10.6 Å². The van der Waals surface area contributed by atoms with Gasteiger partial charge in [-0.2, -0.15) is 5.26 Å². The van der Waals surface area contributed by atoms with Gasteiger partial charge in [0.25, 0.3) is 0 Å². The predicted molar refractivity (Wildman–Crippen MR) is 98.4 cm³/mol. The SMILES string of the molecule is CC(C)CN(c1ccc(C#N)c(Cl)c1)[C@@]1(C(=O)C(C)C)CCNC1. The second kappa shape index (κ2) is 7.55. The molecule has 0 amide bonds. The average molecular weight is 348 g/mol. The van der Waals surface area contributed by atoms with Crippen LogP contribution in [-0.4, -0.2) is 31.0 Å². The Bertz CT molecular complexity index is 643. The van der Waals surface area contributed by atoms with Gasteiger partial charge < -0.3 is 10.2 Å². The molecule has 1 aromatic rings. The second-order valence-corrected chi connectivity index (χ2v) is 7.66. The number of halogens is 1. The van der Waals surface area contributed by atoms with Gasteiger partial charge in [-0.25, -0.2) is 0 Å². The summed E-state index contributed by atoms with van der Waals surface area (Å²) in [7, 11) is 0. The molecule has 1 saturated heterocycles. The number of nitrogens with zero attached hydrogens (tertiary/aromatic N) is 2. The lowest BCUT2D eigenvalue weighted by Gasteiger charge is -2.43. The minimum absolute atomic E-state index is 0.0339. The molecular weight excluding hydrogens is 322 g/mol. The topological polar surface area (TPSA) is 56.1 Å². The Kier molecular flexibility index (Phi) is 5.90. The maximum Gasteiger partial charge on any atom is 0.162 e. The highest BCUT2D eigenvalue weighted by Crippen LogP contribution is 2.35. The van der Waals surface area contributed by atoms with Crippen LogP contribution in [-0.2, 0) is 4.79 Å². The molecule has 1 aliphatic rings. The first-order valence-corrected chi connectivity index (χ1v) is 8.92. The molecule has 24 heavy (non-hydrogen) atoms. The van der Waals surface area contributed by atoms with Gasteiger partial charge in [-0.3, -0.25) is 4.79 Å². The van der Waals surface area contributed by atoms with E-state index >= 15 is 0 Å². The van der Waals surface area contributed by atoms with Crippen LogP contribution in [0, 0.1) is 23.2 Å². The van der Waals surface area contributed by atoms with E-state index in [1.54, 1.807) is 6.07 Å². The number of benzene rings is 1. The fraction of sp³-hybridized carbons (Fsp3) is 0.579. The van der Waals surface area contributed by atoms with Crippen LogP contribution in [0.3, 0.4) is 0 Å². The van der Waals surface area contributed by atoms with E-state index in [0.717, 1.165) is 25.2 Å². The van der Waals surface area contributed by atoms with Crippen molar-refractivity contribution in [3.05, 3.63) is 28.8 Å². The van der Waals surface area contributed by atoms with E-state index in [1.165, 1.54) is 0 Å². The fourth-order valence-electron chi connectivity index (χ4n) is 3.44. The van der Waals surface area contributed by atoms with Gasteiger partial charge in [0.15, 0.2) is 5.78 Å². The van der Waals surface area contributed by atoms with E-state index in [4.69, 9.17) is 16.9 Å². The normalized spacial score (nSPS) is 20.4. The third-order valence-electron chi connectivity index (χ3n) is 4.57. The van der Waals surface area contributed by atoms with Crippen molar-refractivity contribution in [3.8, 4) is 6.07 Å². The van der Waals surface area contributed by atoms with E-state index in [-0.39, 0.29) is 11.7 Å². The lowest BCUT2D eigenvalue weighted by molar-refractivity contribution is -0.126. The number of anilines is 1. The molecule has 0 bridgehead atoms. The van der Waals surface area contributed by atoms with Gasteiger partial charge in [-0.1, -0.05) is 39.3 Å². The summed E-state index contributed by atoms with van der Waals surface area (Å²) < 4.78 is 0. The summed E-state index contributed by atoms with van der Waals surface area (Å²) in [6.45, 7) is 10.5. The molecule has 1 N–H and O–H groups in total. The number of carbonyl (C=O) groups excluding carboxylic acids is 1. The quantitative estimate of drug-likeness (QED) is 0.853. The molecule has 1 fully saturated rings. The summed E-state index contributed by atoms with van der Waals surface area (Å²) in [5.74, 6) is 0.624. The minimum atomic E-state index is -0.546. The van der Waals surface area contributed by atoms with Crippen LogP contribution >= 0.6 is 11.6 Å². The van der Waals surface area contributed by atoms with Gasteiger partial charge >= 0.3 is 0 Å². The van der Waals surface area contributed by atoms with Crippen LogP contribution in [0.1, 0.15) is 39.7 Å². The first-order valence-electron chi connectivity index (χ1n) is 8.54. The van der Waals surface area contributed by atoms with Gasteiger partial charge in [0, 0.05) is 24.7 Å². The lowest BCUT2D eigenvalue weighted by atomic mass is 9.83. The Morgan fingerprint density at radius 2 is 2.12 bits per heavy atom. The summed E-state index contributed by atoms with van der Waals surface area (Å²) >= 11 is 6.25. The van der Waals surface area contributed by atoms with Crippen LogP contribution in [0.2, 0.25) is 5.02 Å². The molecule has 1 atom stereocenters. The zero-order valence-electron chi connectivity index (χ0n) is 14.9. The number of nitrogens with one attached hydrogen (secondary N) is 1. The lowest BCUT2D eigenvalue weighted by Crippen LogP contribution is -2.59. The maximum absolute atomic E-state index is 13.1. The summed E-state index contributed by atoms with van der Waals surface area (Å²) in [5, 5.41) is 12.9. The Hall–Kier alpha value is -1.57. The zero-order valence-corrected chi connectivity index (χ0v) is 15.7. The predicted octanol–water partition coefficient (Wildman–Crippen LogP) is 3.63. The van der Waals surface area contributed by atoms with E-state index in [2.05, 4.69) is 30.1 Å². The molecule has 1 aliphatic heterocycles. The highest BCUT2D eigenvalue weighted by molar-refractivity contribution is 6.32. The van der Waals surface area contributed by atoms with Crippen LogP contribution < -0.4 is 10.2 Å². The van der Waals surface area contributed by atoms with Gasteiger partial charge in [-0.15, -0.1) is 0 Å². The molecule has 0 saturated carbocycles. The van der Waals surface area contributed by atoms with Crippen molar-refractivity contribution in [1.29, 1.82) is 5.26 Å². The first kappa shape index (κ1) is 18.8. The van der Waals surface area contributed by atoms with E-state index in [9.17, 15) is 4.79 Å². The zero-order chi connectivity index (χ0) is 17.9. The molecule has 2 rings (SSSR count). The second-order valence-electron chi connectivity index (χ2n) is 7.26. The number of hydrogen-bond acceptors (Lipinski definition) is 4. The molecule has 1 aromatic carbocycles. The largest absolute Gasteiger partial charge is 0.357 e. The fourth-order valence-corrected chi connectivity index (χ4v) is 3.66. The van der Waals surface area contributed by atoms with Gasteiger partial charge in [0.2, 0.25) is 0 Å². The molecule has 130 valence electrons. The molecular formula is C19H26ClN3O. The Morgan fingerprint density at radius 1 is 1.42 bits per heavy atom. The number of rotatable bonds is 6. The first-order chi connectivity index (χ1) is 11.3. The van der Waals surface area contributed by atoms with Crippen LogP contribution in [0.25, 0.3) is 0 Å². The summed E-state index contributed by atoms with van der Waals surface area (Å²) in [5.41, 5.74) is 0.819. The van der Waals surface area contributed by atoms with Crippen molar-refractivity contribution >= 4 is 23.1 Å². The number of carbonyl (C=O) groups is 1. The summed E-state index contributed by atoms with van der Waals surface area (Å²) in [6.07, 6.45) is 0.786. The van der Waals surface area contributed by atoms with E-state index < -0.39 is 5.54 Å². The van der Waals surface area contributed by atoms with Crippen molar-refractivity contribution < 1.29 is 4.79 Å².